The Morgan fingerprint density at radius 2 is 1.81 bits per heavy atom. The van der Waals surface area contributed by atoms with Crippen molar-refractivity contribution in [3.05, 3.63) is 59.8 Å². The number of nitrogens with zero attached hydrogens (tertiary/aromatic N) is 1. The number of hydrogen-bond donors (Lipinski definition) is 1. The van der Waals surface area contributed by atoms with Gasteiger partial charge in [-0.2, -0.15) is 0 Å². The molecule has 1 aromatic carbocycles. The maximum Gasteiger partial charge on any atom is 0.303 e. The maximum atomic E-state index is 12.3. The summed E-state index contributed by atoms with van der Waals surface area (Å²) in [6.45, 7) is 3.10. The molecule has 0 saturated heterocycles. The Morgan fingerprint density at radius 3 is 2.43 bits per heavy atom. The SMILES string of the molecule is CC(=O)OC(C(=O)Nc1cccc(C)n1)c1ccccc1. The van der Waals surface area contributed by atoms with Gasteiger partial charge in [-0.1, -0.05) is 36.4 Å². The van der Waals surface area contributed by atoms with Crippen LogP contribution in [0.3, 0.4) is 0 Å². The van der Waals surface area contributed by atoms with E-state index in [1.807, 2.05) is 19.1 Å². The van der Waals surface area contributed by atoms with Crippen LogP contribution in [0.15, 0.2) is 48.5 Å². The highest BCUT2D eigenvalue weighted by atomic mass is 16.5. The average molecular weight is 284 g/mol. The first-order valence-electron chi connectivity index (χ1n) is 6.53. The van der Waals surface area contributed by atoms with Gasteiger partial charge < -0.3 is 10.1 Å². The lowest BCUT2D eigenvalue weighted by atomic mass is 10.1. The predicted octanol–water partition coefficient (Wildman–Crippen LogP) is 2.63. The Kier molecular flexibility index (Phi) is 4.66. The van der Waals surface area contributed by atoms with E-state index in [1.54, 1.807) is 36.4 Å². The summed E-state index contributed by atoms with van der Waals surface area (Å²) in [7, 11) is 0. The van der Waals surface area contributed by atoms with Gasteiger partial charge in [0.2, 0.25) is 6.10 Å². The lowest BCUT2D eigenvalue weighted by Crippen LogP contribution is -2.25. The van der Waals surface area contributed by atoms with Crippen molar-refractivity contribution in [3.63, 3.8) is 0 Å². The second kappa shape index (κ2) is 6.65. The first kappa shape index (κ1) is 14.7. The van der Waals surface area contributed by atoms with Gasteiger partial charge in [-0.3, -0.25) is 9.59 Å². The molecule has 0 spiro atoms. The summed E-state index contributed by atoms with van der Waals surface area (Å²) in [5.74, 6) is -0.529. The van der Waals surface area contributed by atoms with Gasteiger partial charge in [-0.25, -0.2) is 4.98 Å². The average Bonchev–Trinajstić information content (AvgIpc) is 2.45. The molecule has 1 unspecified atom stereocenters. The van der Waals surface area contributed by atoms with Crippen molar-refractivity contribution in [1.82, 2.24) is 4.98 Å². The van der Waals surface area contributed by atoms with Crippen molar-refractivity contribution in [2.45, 2.75) is 20.0 Å². The Labute approximate surface area is 123 Å². The predicted molar refractivity (Wildman–Crippen MR) is 78.6 cm³/mol. The molecule has 0 bridgehead atoms. The minimum atomic E-state index is -0.994. The van der Waals surface area contributed by atoms with Gasteiger partial charge in [0, 0.05) is 18.2 Å². The topological polar surface area (TPSA) is 68.3 Å². The highest BCUT2D eigenvalue weighted by Crippen LogP contribution is 2.19. The molecule has 1 N–H and O–H groups in total. The van der Waals surface area contributed by atoms with Crippen molar-refractivity contribution in [3.8, 4) is 0 Å². The minimum absolute atomic E-state index is 0.424. The molecule has 2 rings (SSSR count). The summed E-state index contributed by atoms with van der Waals surface area (Å²) in [4.78, 5) is 27.7. The lowest BCUT2D eigenvalue weighted by molar-refractivity contribution is -0.152. The van der Waals surface area contributed by atoms with Crippen LogP contribution in [0.25, 0.3) is 0 Å². The van der Waals surface area contributed by atoms with Crippen LogP contribution in [0.4, 0.5) is 5.82 Å². The van der Waals surface area contributed by atoms with Gasteiger partial charge in [0.15, 0.2) is 0 Å². The molecule has 0 aliphatic rings. The Morgan fingerprint density at radius 1 is 1.10 bits per heavy atom. The van der Waals surface area contributed by atoms with E-state index in [-0.39, 0.29) is 0 Å². The monoisotopic (exact) mass is 284 g/mol. The molecule has 1 heterocycles. The van der Waals surface area contributed by atoms with E-state index in [0.717, 1.165) is 5.69 Å². The molecular weight excluding hydrogens is 268 g/mol. The largest absolute Gasteiger partial charge is 0.447 e. The third-order valence-electron chi connectivity index (χ3n) is 2.76. The van der Waals surface area contributed by atoms with Crippen LogP contribution in [-0.2, 0) is 14.3 Å². The van der Waals surface area contributed by atoms with E-state index in [4.69, 9.17) is 4.74 Å². The van der Waals surface area contributed by atoms with E-state index in [0.29, 0.717) is 11.4 Å². The number of rotatable bonds is 4. The number of pyridine rings is 1. The molecule has 1 amide bonds. The fraction of sp³-hybridized carbons (Fsp3) is 0.188. The fourth-order valence-corrected chi connectivity index (χ4v) is 1.87. The molecule has 0 aliphatic heterocycles. The summed E-state index contributed by atoms with van der Waals surface area (Å²) < 4.78 is 5.12. The molecular formula is C16H16N2O3. The molecule has 0 radical (unpaired) electrons. The minimum Gasteiger partial charge on any atom is -0.447 e. The second-order valence-corrected chi connectivity index (χ2v) is 4.55. The number of amides is 1. The standard InChI is InChI=1S/C16H16N2O3/c1-11-7-6-10-14(17-11)18-16(20)15(21-12(2)19)13-8-4-3-5-9-13/h3-10,15H,1-2H3,(H,17,18,20). The summed E-state index contributed by atoms with van der Waals surface area (Å²) in [5, 5.41) is 2.66. The van der Waals surface area contributed by atoms with Crippen LogP contribution in [-0.4, -0.2) is 16.9 Å². The van der Waals surface area contributed by atoms with Gasteiger partial charge in [-0.15, -0.1) is 0 Å². The van der Waals surface area contributed by atoms with Crippen molar-refractivity contribution >= 4 is 17.7 Å². The molecule has 5 nitrogen and oxygen atoms in total. The first-order chi connectivity index (χ1) is 10.1. The van der Waals surface area contributed by atoms with Crippen molar-refractivity contribution < 1.29 is 14.3 Å². The summed E-state index contributed by atoms with van der Waals surface area (Å²) >= 11 is 0. The van der Waals surface area contributed by atoms with Crippen LogP contribution >= 0.6 is 0 Å². The number of esters is 1. The van der Waals surface area contributed by atoms with Crippen LogP contribution in [0, 0.1) is 6.92 Å². The number of hydrogen-bond acceptors (Lipinski definition) is 4. The van der Waals surface area contributed by atoms with Crippen LogP contribution in [0.1, 0.15) is 24.3 Å². The van der Waals surface area contributed by atoms with Crippen molar-refractivity contribution in [1.29, 1.82) is 0 Å². The van der Waals surface area contributed by atoms with Gasteiger partial charge in [-0.05, 0) is 19.1 Å². The number of nitrogens with one attached hydrogen (secondary N) is 1. The quantitative estimate of drug-likeness (QED) is 0.876. The van der Waals surface area contributed by atoms with Gasteiger partial charge in [0.25, 0.3) is 5.91 Å². The fourth-order valence-electron chi connectivity index (χ4n) is 1.87. The number of aromatic nitrogens is 1. The lowest BCUT2D eigenvalue weighted by Gasteiger charge is -2.16. The summed E-state index contributed by atoms with van der Waals surface area (Å²) in [5.41, 5.74) is 1.40. The highest BCUT2D eigenvalue weighted by molar-refractivity contribution is 5.95. The van der Waals surface area contributed by atoms with Gasteiger partial charge in [0.05, 0.1) is 0 Å². The number of carbonyl (C=O) groups excluding carboxylic acids is 2. The first-order valence-corrected chi connectivity index (χ1v) is 6.53. The zero-order chi connectivity index (χ0) is 15.2. The van der Waals surface area contributed by atoms with E-state index in [9.17, 15) is 9.59 Å². The summed E-state index contributed by atoms with van der Waals surface area (Å²) in [6, 6.07) is 14.2. The van der Waals surface area contributed by atoms with Gasteiger partial charge >= 0.3 is 5.97 Å². The number of anilines is 1. The Balaban J connectivity index is 2.20. The van der Waals surface area contributed by atoms with Crippen molar-refractivity contribution in [2.75, 3.05) is 5.32 Å². The molecule has 5 heteroatoms. The third-order valence-corrected chi connectivity index (χ3v) is 2.76. The zero-order valence-electron chi connectivity index (χ0n) is 11.9. The normalized spacial score (nSPS) is 11.5. The Bertz CT molecular complexity index is 641. The molecule has 0 fully saturated rings. The van der Waals surface area contributed by atoms with E-state index in [2.05, 4.69) is 10.3 Å². The Hall–Kier alpha value is -2.69. The van der Waals surface area contributed by atoms with Crippen molar-refractivity contribution in [2.24, 2.45) is 0 Å². The summed E-state index contributed by atoms with van der Waals surface area (Å²) in [6.07, 6.45) is -0.994. The zero-order valence-corrected chi connectivity index (χ0v) is 11.9. The van der Waals surface area contributed by atoms with Crippen LogP contribution in [0.5, 0.6) is 0 Å². The van der Waals surface area contributed by atoms with E-state index < -0.39 is 18.0 Å². The number of carbonyl (C=O) groups is 2. The smallest absolute Gasteiger partial charge is 0.303 e. The molecule has 2 aromatic rings. The number of ether oxygens (including phenoxy) is 1. The molecule has 0 aliphatic carbocycles. The van der Waals surface area contributed by atoms with Crippen LogP contribution < -0.4 is 5.32 Å². The maximum absolute atomic E-state index is 12.3. The number of benzene rings is 1. The molecule has 1 atom stereocenters. The molecule has 0 saturated carbocycles. The number of aryl methyl sites for hydroxylation is 1. The molecule has 1 aromatic heterocycles. The molecule has 21 heavy (non-hydrogen) atoms. The van der Waals surface area contributed by atoms with E-state index in [1.165, 1.54) is 6.92 Å². The second-order valence-electron chi connectivity index (χ2n) is 4.55. The van der Waals surface area contributed by atoms with Crippen LogP contribution in [0.2, 0.25) is 0 Å². The molecule has 108 valence electrons. The highest BCUT2D eigenvalue weighted by Gasteiger charge is 2.24. The van der Waals surface area contributed by atoms with E-state index >= 15 is 0 Å². The van der Waals surface area contributed by atoms with Gasteiger partial charge in [0.1, 0.15) is 5.82 Å². The third kappa shape index (κ3) is 4.14.